The fraction of sp³-hybridized carbons (Fsp3) is 0.667. The summed E-state index contributed by atoms with van der Waals surface area (Å²) in [6, 6.07) is 0. The largest absolute Gasteiger partial charge is 0.385 e. The van der Waals surface area contributed by atoms with E-state index in [0.717, 1.165) is 12.2 Å². The van der Waals surface area contributed by atoms with E-state index in [1.54, 1.807) is 7.11 Å². The molecule has 0 radical (unpaired) electrons. The first-order chi connectivity index (χ1) is 10.4. The van der Waals surface area contributed by atoms with E-state index in [4.69, 9.17) is 4.74 Å². The van der Waals surface area contributed by atoms with Gasteiger partial charge >= 0.3 is 11.8 Å². The average molecular weight is 310 g/mol. The van der Waals surface area contributed by atoms with Crippen LogP contribution in [0, 0.1) is 19.8 Å². The van der Waals surface area contributed by atoms with Crippen molar-refractivity contribution in [3.63, 3.8) is 0 Å². The Bertz CT molecular complexity index is 523. The monoisotopic (exact) mass is 310 g/mol. The molecule has 0 aliphatic carbocycles. The van der Waals surface area contributed by atoms with E-state index in [0.29, 0.717) is 36.9 Å². The number of hydrogen-bond donors (Lipinski definition) is 2. The van der Waals surface area contributed by atoms with Crippen LogP contribution in [0.4, 0.5) is 5.69 Å². The van der Waals surface area contributed by atoms with E-state index in [9.17, 15) is 9.59 Å². The van der Waals surface area contributed by atoms with Crippen LogP contribution in [-0.2, 0) is 20.9 Å². The van der Waals surface area contributed by atoms with Gasteiger partial charge < -0.3 is 15.4 Å². The third-order valence-corrected chi connectivity index (χ3v) is 3.18. The molecule has 0 bridgehead atoms. The molecule has 0 fully saturated rings. The maximum absolute atomic E-state index is 11.9. The van der Waals surface area contributed by atoms with E-state index in [1.165, 1.54) is 0 Å². The Kier molecular flexibility index (Phi) is 7.04. The van der Waals surface area contributed by atoms with E-state index < -0.39 is 11.8 Å². The van der Waals surface area contributed by atoms with Crippen LogP contribution in [0.25, 0.3) is 0 Å². The first kappa shape index (κ1) is 18.2. The van der Waals surface area contributed by atoms with Gasteiger partial charge in [-0.2, -0.15) is 5.10 Å². The van der Waals surface area contributed by atoms with Gasteiger partial charge in [0.15, 0.2) is 0 Å². The lowest BCUT2D eigenvalue weighted by atomic mass is 10.2. The highest BCUT2D eigenvalue weighted by molar-refractivity contribution is 6.39. The maximum atomic E-state index is 11.9. The summed E-state index contributed by atoms with van der Waals surface area (Å²) in [6.07, 6.45) is 0.667. The van der Waals surface area contributed by atoms with Gasteiger partial charge in [0, 0.05) is 26.8 Å². The van der Waals surface area contributed by atoms with Gasteiger partial charge in [-0.15, -0.1) is 0 Å². The van der Waals surface area contributed by atoms with Gasteiger partial charge in [0.25, 0.3) is 0 Å². The molecule has 0 aromatic carbocycles. The van der Waals surface area contributed by atoms with E-state index in [1.807, 2.05) is 18.5 Å². The van der Waals surface area contributed by atoms with Crippen molar-refractivity contribution in [1.82, 2.24) is 15.1 Å². The number of ether oxygens (including phenoxy) is 1. The van der Waals surface area contributed by atoms with Gasteiger partial charge in [0.1, 0.15) is 0 Å². The summed E-state index contributed by atoms with van der Waals surface area (Å²) in [4.78, 5) is 23.6. The Labute approximate surface area is 131 Å². The maximum Gasteiger partial charge on any atom is 0.313 e. The van der Waals surface area contributed by atoms with Crippen LogP contribution in [0.3, 0.4) is 0 Å². The van der Waals surface area contributed by atoms with Crippen LogP contribution in [0.2, 0.25) is 0 Å². The van der Waals surface area contributed by atoms with Crippen LogP contribution in [-0.4, -0.2) is 41.9 Å². The van der Waals surface area contributed by atoms with Gasteiger partial charge in [0.05, 0.1) is 17.1 Å². The van der Waals surface area contributed by atoms with E-state index in [2.05, 4.69) is 29.6 Å². The Morgan fingerprint density at radius 3 is 2.55 bits per heavy atom. The summed E-state index contributed by atoms with van der Waals surface area (Å²) < 4.78 is 6.74. The molecule has 0 spiro atoms. The van der Waals surface area contributed by atoms with Crippen molar-refractivity contribution in [2.75, 3.05) is 25.6 Å². The zero-order valence-corrected chi connectivity index (χ0v) is 14.0. The second-order valence-electron chi connectivity index (χ2n) is 5.68. The van der Waals surface area contributed by atoms with Gasteiger partial charge in [-0.25, -0.2) is 0 Å². The molecule has 7 nitrogen and oxygen atoms in total. The summed E-state index contributed by atoms with van der Waals surface area (Å²) in [7, 11) is 1.59. The third-order valence-electron chi connectivity index (χ3n) is 3.18. The van der Waals surface area contributed by atoms with Gasteiger partial charge in [-0.05, 0) is 26.2 Å². The lowest BCUT2D eigenvalue weighted by Crippen LogP contribution is -2.36. The molecule has 1 heterocycles. The number of aryl methyl sites for hydroxylation is 1. The molecule has 2 N–H and O–H groups in total. The minimum absolute atomic E-state index is 0.407. The normalized spacial score (nSPS) is 10.8. The minimum atomic E-state index is -0.673. The zero-order chi connectivity index (χ0) is 16.7. The van der Waals surface area contributed by atoms with E-state index in [-0.39, 0.29) is 0 Å². The molecule has 7 heteroatoms. The van der Waals surface area contributed by atoms with Crippen LogP contribution in [0.5, 0.6) is 0 Å². The predicted molar refractivity (Wildman–Crippen MR) is 84.7 cm³/mol. The van der Waals surface area contributed by atoms with E-state index >= 15 is 0 Å². The topological polar surface area (TPSA) is 85.2 Å². The number of aromatic nitrogens is 2. The summed E-state index contributed by atoms with van der Waals surface area (Å²) in [5, 5.41) is 9.61. The number of hydrogen-bond acceptors (Lipinski definition) is 4. The molecule has 0 aliphatic rings. The van der Waals surface area contributed by atoms with Crippen LogP contribution in [0.15, 0.2) is 0 Å². The second-order valence-corrected chi connectivity index (χ2v) is 5.68. The Hall–Kier alpha value is -1.89. The average Bonchev–Trinajstić information content (AvgIpc) is 2.70. The van der Waals surface area contributed by atoms with Crippen molar-refractivity contribution in [2.45, 2.75) is 40.7 Å². The van der Waals surface area contributed by atoms with Crippen molar-refractivity contribution in [2.24, 2.45) is 5.92 Å². The fourth-order valence-corrected chi connectivity index (χ4v) is 2.07. The molecule has 0 atom stereocenters. The van der Waals surface area contributed by atoms with Gasteiger partial charge in [0.2, 0.25) is 0 Å². The number of anilines is 1. The predicted octanol–water partition coefficient (Wildman–Crippen LogP) is 1.25. The number of nitrogens with zero attached hydrogens (tertiary/aromatic N) is 2. The summed E-state index contributed by atoms with van der Waals surface area (Å²) in [6.45, 7) is 9.62. The molecule has 0 aliphatic heterocycles. The molecule has 0 saturated carbocycles. The number of carbonyl (C=O) groups excluding carboxylic acids is 2. The van der Waals surface area contributed by atoms with Crippen molar-refractivity contribution in [3.05, 3.63) is 11.4 Å². The Morgan fingerprint density at radius 2 is 1.95 bits per heavy atom. The first-order valence-electron chi connectivity index (χ1n) is 7.49. The molecule has 22 heavy (non-hydrogen) atoms. The summed E-state index contributed by atoms with van der Waals surface area (Å²) in [5.41, 5.74) is 2.17. The number of nitrogens with one attached hydrogen (secondary N) is 2. The highest BCUT2D eigenvalue weighted by Crippen LogP contribution is 2.20. The summed E-state index contributed by atoms with van der Waals surface area (Å²) >= 11 is 0. The Balaban J connectivity index is 2.64. The third kappa shape index (κ3) is 5.14. The smallest absolute Gasteiger partial charge is 0.313 e. The quantitative estimate of drug-likeness (QED) is 0.586. The molecule has 124 valence electrons. The van der Waals surface area contributed by atoms with Crippen molar-refractivity contribution in [1.29, 1.82) is 0 Å². The Morgan fingerprint density at radius 1 is 1.27 bits per heavy atom. The zero-order valence-electron chi connectivity index (χ0n) is 14.0. The SMILES string of the molecule is COCCCNC(=O)C(=O)Nc1c(C)nn(CC(C)C)c1C. The molecule has 1 rings (SSSR count). The number of carbonyl (C=O) groups is 2. The summed E-state index contributed by atoms with van der Waals surface area (Å²) in [5.74, 6) is -0.870. The first-order valence-corrected chi connectivity index (χ1v) is 7.49. The highest BCUT2D eigenvalue weighted by Gasteiger charge is 2.19. The fourth-order valence-electron chi connectivity index (χ4n) is 2.07. The van der Waals surface area contributed by atoms with Crippen LogP contribution >= 0.6 is 0 Å². The van der Waals surface area contributed by atoms with Crippen molar-refractivity contribution >= 4 is 17.5 Å². The van der Waals surface area contributed by atoms with Crippen molar-refractivity contribution < 1.29 is 14.3 Å². The molecule has 2 amide bonds. The second kappa shape index (κ2) is 8.53. The van der Waals surface area contributed by atoms with Crippen LogP contribution in [0.1, 0.15) is 31.7 Å². The molecule has 0 unspecified atom stereocenters. The highest BCUT2D eigenvalue weighted by atomic mass is 16.5. The van der Waals surface area contributed by atoms with Crippen LogP contribution < -0.4 is 10.6 Å². The molecule has 0 saturated heterocycles. The minimum Gasteiger partial charge on any atom is -0.385 e. The molecular weight excluding hydrogens is 284 g/mol. The number of methoxy groups -OCH3 is 1. The molecule has 1 aromatic rings. The lowest BCUT2D eigenvalue weighted by molar-refractivity contribution is -0.136. The van der Waals surface area contributed by atoms with Crippen molar-refractivity contribution in [3.8, 4) is 0 Å². The standard InChI is InChI=1S/C15H26N4O3/c1-10(2)9-19-12(4)13(11(3)18-19)17-15(21)14(20)16-7-6-8-22-5/h10H,6-9H2,1-5H3,(H,16,20)(H,17,21). The lowest BCUT2D eigenvalue weighted by Gasteiger charge is -2.09. The number of rotatable bonds is 7. The molecular formula is C15H26N4O3. The molecule has 1 aromatic heterocycles. The van der Waals surface area contributed by atoms with Gasteiger partial charge in [-0.1, -0.05) is 13.8 Å². The van der Waals surface area contributed by atoms with Gasteiger partial charge in [-0.3, -0.25) is 14.3 Å². The number of amides is 2.